The third-order valence-electron chi connectivity index (χ3n) is 6.83. The van der Waals surface area contributed by atoms with E-state index < -0.39 is 29.3 Å². The molecule has 0 saturated carbocycles. The van der Waals surface area contributed by atoms with E-state index in [9.17, 15) is 14.7 Å². The van der Waals surface area contributed by atoms with Gasteiger partial charge in [0.1, 0.15) is 17.1 Å². The number of fused-ring (bicyclic) bond motifs is 1. The number of hydrogen-bond acceptors (Lipinski definition) is 7. The average Bonchev–Trinajstić information content (AvgIpc) is 2.82. The van der Waals surface area contributed by atoms with E-state index in [1.807, 2.05) is 40.7 Å². The van der Waals surface area contributed by atoms with Crippen molar-refractivity contribution in [2.45, 2.75) is 77.3 Å². The Bertz CT molecular complexity index is 1220. The molecule has 2 aromatic carbocycles. The van der Waals surface area contributed by atoms with Gasteiger partial charge in [0.2, 0.25) is 5.91 Å². The van der Waals surface area contributed by atoms with Crippen LogP contribution in [0.15, 0.2) is 47.5 Å². The zero-order valence-corrected chi connectivity index (χ0v) is 22.1. The van der Waals surface area contributed by atoms with Crippen LogP contribution in [-0.4, -0.2) is 45.5 Å². The average molecular weight is 509 g/mol. The second kappa shape index (κ2) is 10.0. The van der Waals surface area contributed by atoms with Crippen LogP contribution < -0.4 is 20.5 Å². The molecule has 2 heterocycles. The van der Waals surface area contributed by atoms with Crippen molar-refractivity contribution in [3.05, 3.63) is 59.2 Å². The molecule has 9 nitrogen and oxygen atoms in total. The molecule has 0 radical (unpaired) electrons. The van der Waals surface area contributed by atoms with E-state index in [1.54, 1.807) is 36.4 Å². The lowest BCUT2D eigenvalue weighted by Crippen LogP contribution is -2.52. The van der Waals surface area contributed by atoms with Gasteiger partial charge >= 0.3 is 0 Å². The van der Waals surface area contributed by atoms with Gasteiger partial charge in [0.15, 0.2) is 12.2 Å². The van der Waals surface area contributed by atoms with Crippen molar-refractivity contribution in [1.29, 1.82) is 0 Å². The molecule has 2 atom stereocenters. The van der Waals surface area contributed by atoms with Crippen molar-refractivity contribution in [3.8, 4) is 11.5 Å². The summed E-state index contributed by atoms with van der Waals surface area (Å²) in [4.78, 5) is 32.2. The quantitative estimate of drug-likeness (QED) is 0.488. The number of hydrogen-bond donors (Lipinski definition) is 3. The zero-order chi connectivity index (χ0) is 27.0. The summed E-state index contributed by atoms with van der Waals surface area (Å²) in [6.07, 6.45) is 0.242. The van der Waals surface area contributed by atoms with E-state index in [-0.39, 0.29) is 18.3 Å². The highest BCUT2D eigenvalue weighted by molar-refractivity contribution is 6.00. The maximum atomic E-state index is 13.2. The van der Waals surface area contributed by atoms with Gasteiger partial charge in [-0.15, -0.1) is 0 Å². The van der Waals surface area contributed by atoms with Crippen LogP contribution in [0.25, 0.3) is 0 Å². The summed E-state index contributed by atoms with van der Waals surface area (Å²) in [6.45, 7) is 10.1. The fourth-order valence-corrected chi connectivity index (χ4v) is 4.56. The first kappa shape index (κ1) is 26.5. The van der Waals surface area contributed by atoms with Crippen molar-refractivity contribution in [1.82, 2.24) is 10.2 Å². The van der Waals surface area contributed by atoms with E-state index in [0.29, 0.717) is 41.2 Å². The molecule has 2 aromatic rings. The normalized spacial score (nSPS) is 19.8. The Morgan fingerprint density at radius 3 is 2.76 bits per heavy atom. The minimum absolute atomic E-state index is 0.118. The smallest absolute Gasteiger partial charge is 0.253 e. The standard InChI is InChI=1S/C28H36N4O5/c1-6-28(4,5)37-22-10-8-7-9-18(22)25(35)30-24(34)17-11-12-21-19(15-17)20(13-14-36-21)32-23(33)16-27(2,3)31-26(32)29/h7-12,15,20,25,35H,6,13-14,16H2,1-5H3,(H2,29,31)(H,30,34)/t20-,25?/m1/s1. The van der Waals surface area contributed by atoms with Crippen LogP contribution in [0.4, 0.5) is 0 Å². The molecule has 0 aromatic heterocycles. The lowest BCUT2D eigenvalue weighted by Gasteiger charge is -2.39. The van der Waals surface area contributed by atoms with Crippen LogP contribution in [0.3, 0.4) is 0 Å². The first-order valence-electron chi connectivity index (χ1n) is 12.6. The number of rotatable bonds is 7. The molecule has 37 heavy (non-hydrogen) atoms. The minimum atomic E-state index is -1.28. The number of guanidine groups is 1. The highest BCUT2D eigenvalue weighted by Gasteiger charge is 2.39. The summed E-state index contributed by atoms with van der Waals surface area (Å²) >= 11 is 0. The Labute approximate surface area is 217 Å². The van der Waals surface area contributed by atoms with Gasteiger partial charge in [-0.2, -0.15) is 0 Å². The number of aliphatic hydroxyl groups is 1. The number of carbonyl (C=O) groups is 2. The molecular formula is C28H36N4O5. The Morgan fingerprint density at radius 1 is 1.32 bits per heavy atom. The number of benzene rings is 2. The molecule has 9 heteroatoms. The van der Waals surface area contributed by atoms with Crippen molar-refractivity contribution >= 4 is 17.8 Å². The summed E-state index contributed by atoms with van der Waals surface area (Å²) < 4.78 is 11.9. The Morgan fingerprint density at radius 2 is 2.05 bits per heavy atom. The van der Waals surface area contributed by atoms with Gasteiger partial charge in [0.05, 0.1) is 24.6 Å². The van der Waals surface area contributed by atoms with Gasteiger partial charge in [-0.1, -0.05) is 25.1 Å². The van der Waals surface area contributed by atoms with E-state index in [0.717, 1.165) is 6.42 Å². The fourth-order valence-electron chi connectivity index (χ4n) is 4.56. The largest absolute Gasteiger partial charge is 0.493 e. The summed E-state index contributed by atoms with van der Waals surface area (Å²) in [7, 11) is 0. The Hall–Kier alpha value is -3.59. The number of ether oxygens (including phenoxy) is 2. The van der Waals surface area contributed by atoms with Gasteiger partial charge in [0, 0.05) is 23.1 Å². The van der Waals surface area contributed by atoms with Crippen LogP contribution >= 0.6 is 0 Å². The highest BCUT2D eigenvalue weighted by Crippen LogP contribution is 2.39. The molecule has 0 bridgehead atoms. The minimum Gasteiger partial charge on any atom is -0.493 e. The summed E-state index contributed by atoms with van der Waals surface area (Å²) in [6, 6.07) is 11.7. The van der Waals surface area contributed by atoms with Crippen LogP contribution in [0.2, 0.25) is 0 Å². The molecule has 4 rings (SSSR count). The first-order valence-corrected chi connectivity index (χ1v) is 12.6. The predicted octanol–water partition coefficient (Wildman–Crippen LogP) is 3.82. The molecule has 2 aliphatic heterocycles. The van der Waals surface area contributed by atoms with Gasteiger partial charge in [-0.25, -0.2) is 4.99 Å². The van der Waals surface area contributed by atoms with Gasteiger partial charge < -0.3 is 25.6 Å². The number of nitrogens with zero attached hydrogens (tertiary/aromatic N) is 2. The van der Waals surface area contributed by atoms with Crippen LogP contribution in [-0.2, 0) is 4.79 Å². The molecule has 1 unspecified atom stereocenters. The second-order valence-corrected chi connectivity index (χ2v) is 10.8. The van der Waals surface area contributed by atoms with Crippen LogP contribution in [0, 0.1) is 0 Å². The second-order valence-electron chi connectivity index (χ2n) is 10.8. The van der Waals surface area contributed by atoms with Crippen molar-refractivity contribution < 1.29 is 24.2 Å². The zero-order valence-electron chi connectivity index (χ0n) is 22.1. The van der Waals surface area contributed by atoms with Crippen LogP contribution in [0.1, 0.15) is 87.6 Å². The summed E-state index contributed by atoms with van der Waals surface area (Å²) in [5.74, 6) is 0.654. The van der Waals surface area contributed by atoms with Crippen LogP contribution in [0.5, 0.6) is 11.5 Å². The predicted molar refractivity (Wildman–Crippen MR) is 140 cm³/mol. The maximum absolute atomic E-state index is 13.2. The molecule has 2 aliphatic rings. The third kappa shape index (κ3) is 5.72. The van der Waals surface area contributed by atoms with E-state index >= 15 is 0 Å². The molecule has 0 saturated heterocycles. The summed E-state index contributed by atoms with van der Waals surface area (Å²) in [5, 5.41) is 13.5. The molecule has 2 amide bonds. The van der Waals surface area contributed by atoms with E-state index in [4.69, 9.17) is 15.2 Å². The Balaban J connectivity index is 1.58. The van der Waals surface area contributed by atoms with Gasteiger partial charge in [-0.05, 0) is 58.4 Å². The van der Waals surface area contributed by atoms with E-state index in [1.165, 1.54) is 4.90 Å². The van der Waals surface area contributed by atoms with E-state index in [2.05, 4.69) is 10.3 Å². The molecule has 0 aliphatic carbocycles. The monoisotopic (exact) mass is 508 g/mol. The Kier molecular flexibility index (Phi) is 7.19. The molecule has 4 N–H and O–H groups in total. The maximum Gasteiger partial charge on any atom is 0.253 e. The number of aliphatic hydroxyl groups excluding tert-OH is 1. The number of amides is 2. The lowest BCUT2D eigenvalue weighted by atomic mass is 9.93. The SMILES string of the molecule is CCC(C)(C)Oc1ccccc1C(O)NC(=O)c1ccc2c(c1)[C@H](N1C(=O)CC(C)(C)N=C1N)CCO2. The van der Waals surface area contributed by atoms with Gasteiger partial charge in [0.25, 0.3) is 5.91 Å². The van der Waals surface area contributed by atoms with Crippen molar-refractivity contribution in [2.24, 2.45) is 10.7 Å². The summed E-state index contributed by atoms with van der Waals surface area (Å²) in [5.41, 5.74) is 6.68. The van der Waals surface area contributed by atoms with Crippen molar-refractivity contribution in [3.63, 3.8) is 0 Å². The molecule has 0 spiro atoms. The number of carbonyl (C=O) groups excluding carboxylic acids is 2. The number of nitrogens with two attached hydrogens (primary N) is 1. The first-order chi connectivity index (χ1) is 17.4. The lowest BCUT2D eigenvalue weighted by molar-refractivity contribution is -0.131. The number of nitrogens with one attached hydrogen (secondary N) is 1. The topological polar surface area (TPSA) is 126 Å². The van der Waals surface area contributed by atoms with Gasteiger partial charge in [-0.3, -0.25) is 14.5 Å². The number of para-hydroxylation sites is 1. The number of aliphatic imine (C=N–C) groups is 1. The molecule has 0 fully saturated rings. The molecule has 198 valence electrons. The highest BCUT2D eigenvalue weighted by atomic mass is 16.5. The third-order valence-corrected chi connectivity index (χ3v) is 6.83. The fraction of sp³-hybridized carbons (Fsp3) is 0.464. The van der Waals surface area contributed by atoms with Crippen molar-refractivity contribution in [2.75, 3.05) is 6.61 Å². The molecular weight excluding hydrogens is 472 g/mol.